The zero-order chi connectivity index (χ0) is 15.1. The van der Waals surface area contributed by atoms with Gasteiger partial charge in [0.1, 0.15) is 0 Å². The summed E-state index contributed by atoms with van der Waals surface area (Å²) in [6.45, 7) is 2.92. The first kappa shape index (κ1) is 15.6. The lowest BCUT2D eigenvalue weighted by Gasteiger charge is -2.08. The van der Waals surface area contributed by atoms with Gasteiger partial charge in [-0.1, -0.05) is 25.1 Å². The van der Waals surface area contributed by atoms with Gasteiger partial charge in [0.2, 0.25) is 5.91 Å². The van der Waals surface area contributed by atoms with Crippen LogP contribution in [-0.2, 0) is 11.2 Å². The number of hydrogen-bond donors (Lipinski definition) is 3. The third-order valence-electron chi connectivity index (χ3n) is 3.80. The lowest BCUT2D eigenvalue weighted by atomic mass is 10.1. The highest BCUT2D eigenvalue weighted by Crippen LogP contribution is 2.18. The molecule has 0 fully saturated rings. The second-order valence-corrected chi connectivity index (χ2v) is 5.64. The lowest BCUT2D eigenvalue weighted by Crippen LogP contribution is -2.25. The van der Waals surface area contributed by atoms with Gasteiger partial charge in [-0.05, 0) is 36.8 Å². The summed E-state index contributed by atoms with van der Waals surface area (Å²) in [5, 5.41) is 13.1. The smallest absolute Gasteiger partial charge is 0.220 e. The first-order valence-electron chi connectivity index (χ1n) is 7.63. The lowest BCUT2D eigenvalue weighted by molar-refractivity contribution is -0.121. The van der Waals surface area contributed by atoms with E-state index in [2.05, 4.69) is 16.4 Å². The number of nitrogens with one attached hydrogen (secondary N) is 2. The zero-order valence-corrected chi connectivity index (χ0v) is 12.6. The quantitative estimate of drug-likeness (QED) is 0.654. The number of carbonyl (C=O) groups excluding carboxylic acids is 1. The molecule has 1 unspecified atom stereocenters. The predicted molar refractivity (Wildman–Crippen MR) is 85.1 cm³/mol. The van der Waals surface area contributed by atoms with E-state index in [4.69, 9.17) is 5.11 Å². The maximum absolute atomic E-state index is 11.8. The van der Waals surface area contributed by atoms with Crippen molar-refractivity contribution in [3.05, 3.63) is 36.0 Å². The summed E-state index contributed by atoms with van der Waals surface area (Å²) in [7, 11) is 0. The number of aromatic nitrogens is 1. The Kier molecular flexibility index (Phi) is 5.81. The maximum atomic E-state index is 11.8. The molecule has 1 aromatic carbocycles. The molecule has 2 aromatic rings. The van der Waals surface area contributed by atoms with Crippen molar-refractivity contribution in [2.75, 3.05) is 13.2 Å². The van der Waals surface area contributed by atoms with Crippen molar-refractivity contribution >= 4 is 16.8 Å². The third-order valence-corrected chi connectivity index (χ3v) is 3.80. The van der Waals surface area contributed by atoms with Crippen LogP contribution in [-0.4, -0.2) is 29.1 Å². The van der Waals surface area contributed by atoms with Gasteiger partial charge in [-0.3, -0.25) is 4.79 Å². The summed E-state index contributed by atoms with van der Waals surface area (Å²) in [4.78, 5) is 15.0. The SMILES string of the molecule is CC(CO)CCCNC(=O)CCc1c[nH]c2ccccc12. The van der Waals surface area contributed by atoms with Crippen LogP contribution in [0.1, 0.15) is 31.7 Å². The molecule has 114 valence electrons. The van der Waals surface area contributed by atoms with E-state index >= 15 is 0 Å². The van der Waals surface area contributed by atoms with Gasteiger partial charge in [-0.15, -0.1) is 0 Å². The molecule has 2 rings (SSSR count). The Morgan fingerprint density at radius 1 is 1.38 bits per heavy atom. The Bertz CT molecular complexity index is 577. The average molecular weight is 288 g/mol. The highest BCUT2D eigenvalue weighted by atomic mass is 16.3. The van der Waals surface area contributed by atoms with E-state index in [1.807, 2.05) is 31.3 Å². The molecule has 0 radical (unpaired) electrons. The number of rotatable bonds is 8. The van der Waals surface area contributed by atoms with Gasteiger partial charge in [-0.25, -0.2) is 0 Å². The molecule has 4 heteroatoms. The minimum atomic E-state index is 0.0944. The molecule has 0 bridgehead atoms. The molecular formula is C17H24N2O2. The van der Waals surface area contributed by atoms with Gasteiger partial charge in [0.05, 0.1) is 0 Å². The van der Waals surface area contributed by atoms with E-state index < -0.39 is 0 Å². The van der Waals surface area contributed by atoms with Crippen LogP contribution in [0.4, 0.5) is 0 Å². The number of aromatic amines is 1. The molecule has 0 saturated heterocycles. The Morgan fingerprint density at radius 2 is 2.19 bits per heavy atom. The fourth-order valence-corrected chi connectivity index (χ4v) is 2.44. The molecule has 0 saturated carbocycles. The molecule has 1 aromatic heterocycles. The highest BCUT2D eigenvalue weighted by molar-refractivity contribution is 5.84. The van der Waals surface area contributed by atoms with Gasteiger partial charge < -0.3 is 15.4 Å². The molecule has 4 nitrogen and oxygen atoms in total. The van der Waals surface area contributed by atoms with Crippen molar-refractivity contribution in [2.24, 2.45) is 5.92 Å². The number of aryl methyl sites for hydroxylation is 1. The Balaban J connectivity index is 1.72. The van der Waals surface area contributed by atoms with Crippen LogP contribution in [0.15, 0.2) is 30.5 Å². The van der Waals surface area contributed by atoms with Crippen LogP contribution < -0.4 is 5.32 Å². The number of aliphatic hydroxyl groups excluding tert-OH is 1. The first-order valence-corrected chi connectivity index (χ1v) is 7.63. The van der Waals surface area contributed by atoms with Crippen LogP contribution in [0.25, 0.3) is 10.9 Å². The largest absolute Gasteiger partial charge is 0.396 e. The second-order valence-electron chi connectivity index (χ2n) is 5.64. The van der Waals surface area contributed by atoms with E-state index in [1.54, 1.807) is 0 Å². The molecule has 1 atom stereocenters. The van der Waals surface area contributed by atoms with Gasteiger partial charge in [0.25, 0.3) is 0 Å². The normalized spacial score (nSPS) is 12.5. The minimum absolute atomic E-state index is 0.0944. The van der Waals surface area contributed by atoms with E-state index in [0.717, 1.165) is 24.8 Å². The molecule has 1 amide bonds. The Labute approximate surface area is 125 Å². The summed E-state index contributed by atoms with van der Waals surface area (Å²) >= 11 is 0. The number of fused-ring (bicyclic) bond motifs is 1. The molecule has 21 heavy (non-hydrogen) atoms. The number of para-hydroxylation sites is 1. The van der Waals surface area contributed by atoms with Crippen molar-refractivity contribution in [1.82, 2.24) is 10.3 Å². The van der Waals surface area contributed by atoms with Crippen molar-refractivity contribution in [3.63, 3.8) is 0 Å². The summed E-state index contributed by atoms with van der Waals surface area (Å²) in [6, 6.07) is 8.14. The first-order chi connectivity index (χ1) is 10.2. The van der Waals surface area contributed by atoms with Crippen molar-refractivity contribution in [2.45, 2.75) is 32.6 Å². The molecule has 0 aliphatic carbocycles. The average Bonchev–Trinajstić information content (AvgIpc) is 2.92. The number of hydrogen-bond acceptors (Lipinski definition) is 2. The third kappa shape index (κ3) is 4.60. The van der Waals surface area contributed by atoms with Crippen LogP contribution in [0.3, 0.4) is 0 Å². The standard InChI is InChI=1S/C17H24N2O2/c1-13(12-20)5-4-10-18-17(21)9-8-14-11-19-16-7-3-2-6-15(14)16/h2-3,6-7,11,13,19-20H,4-5,8-10,12H2,1H3,(H,18,21). The van der Waals surface area contributed by atoms with Crippen molar-refractivity contribution < 1.29 is 9.90 Å². The monoisotopic (exact) mass is 288 g/mol. The minimum Gasteiger partial charge on any atom is -0.396 e. The van der Waals surface area contributed by atoms with Crippen LogP contribution in [0, 0.1) is 5.92 Å². The molecule has 0 aliphatic rings. The van der Waals surface area contributed by atoms with E-state index in [9.17, 15) is 4.79 Å². The number of aliphatic hydroxyl groups is 1. The number of amides is 1. The summed E-state index contributed by atoms with van der Waals surface area (Å²) in [5.74, 6) is 0.407. The molecular weight excluding hydrogens is 264 g/mol. The predicted octanol–water partition coefficient (Wildman–Crippen LogP) is 2.63. The molecule has 3 N–H and O–H groups in total. The number of benzene rings is 1. The number of H-pyrrole nitrogens is 1. The highest BCUT2D eigenvalue weighted by Gasteiger charge is 2.06. The molecule has 0 aliphatic heterocycles. The topological polar surface area (TPSA) is 65.1 Å². The maximum Gasteiger partial charge on any atom is 0.220 e. The fourth-order valence-electron chi connectivity index (χ4n) is 2.44. The van der Waals surface area contributed by atoms with E-state index in [0.29, 0.717) is 18.9 Å². The second kappa shape index (κ2) is 7.84. The van der Waals surface area contributed by atoms with Gasteiger partial charge in [-0.2, -0.15) is 0 Å². The Morgan fingerprint density at radius 3 is 3.00 bits per heavy atom. The fraction of sp³-hybridized carbons (Fsp3) is 0.471. The van der Waals surface area contributed by atoms with Crippen molar-refractivity contribution in [1.29, 1.82) is 0 Å². The summed E-state index contributed by atoms with van der Waals surface area (Å²) < 4.78 is 0. The molecule has 0 spiro atoms. The number of carbonyl (C=O) groups is 1. The van der Waals surface area contributed by atoms with Crippen LogP contribution in [0.5, 0.6) is 0 Å². The summed E-state index contributed by atoms with van der Waals surface area (Å²) in [5.41, 5.74) is 2.31. The van der Waals surface area contributed by atoms with Crippen molar-refractivity contribution in [3.8, 4) is 0 Å². The zero-order valence-electron chi connectivity index (χ0n) is 12.6. The van der Waals surface area contributed by atoms with Gasteiger partial charge in [0, 0.05) is 36.7 Å². The van der Waals surface area contributed by atoms with Gasteiger partial charge >= 0.3 is 0 Å². The van der Waals surface area contributed by atoms with Crippen LogP contribution in [0.2, 0.25) is 0 Å². The molecule has 1 heterocycles. The van der Waals surface area contributed by atoms with Crippen LogP contribution >= 0.6 is 0 Å². The van der Waals surface area contributed by atoms with E-state index in [1.165, 1.54) is 10.9 Å². The van der Waals surface area contributed by atoms with E-state index in [-0.39, 0.29) is 12.5 Å². The summed E-state index contributed by atoms with van der Waals surface area (Å²) in [6.07, 6.45) is 5.11. The Hall–Kier alpha value is -1.81. The van der Waals surface area contributed by atoms with Gasteiger partial charge in [0.15, 0.2) is 0 Å².